The van der Waals surface area contributed by atoms with E-state index in [0.29, 0.717) is 5.41 Å². The lowest BCUT2D eigenvalue weighted by Crippen LogP contribution is -2.43. The first-order valence-electron chi connectivity index (χ1n) is 8.61. The quantitative estimate of drug-likeness (QED) is 0.463. The molecule has 1 aliphatic carbocycles. The van der Waals surface area contributed by atoms with Gasteiger partial charge in [0.25, 0.3) is 0 Å². The largest absolute Gasteiger partial charge is 0.356 e. The third-order valence-corrected chi connectivity index (χ3v) is 4.89. The van der Waals surface area contributed by atoms with Crippen LogP contribution in [-0.4, -0.2) is 35.9 Å². The molecule has 124 valence electrons. The molecule has 0 aromatic carbocycles. The van der Waals surface area contributed by atoms with Crippen molar-refractivity contribution in [2.75, 3.05) is 20.1 Å². The Morgan fingerprint density at radius 1 is 1.36 bits per heavy atom. The zero-order chi connectivity index (χ0) is 15.8. The number of guanidine groups is 1. The maximum atomic E-state index is 4.34. The van der Waals surface area contributed by atoms with Gasteiger partial charge in [-0.1, -0.05) is 19.8 Å². The highest BCUT2D eigenvalue weighted by molar-refractivity contribution is 5.79. The van der Waals surface area contributed by atoms with Gasteiger partial charge in [0, 0.05) is 32.9 Å². The van der Waals surface area contributed by atoms with Gasteiger partial charge >= 0.3 is 0 Å². The predicted octanol–water partition coefficient (Wildman–Crippen LogP) is 2.72. The van der Waals surface area contributed by atoms with Crippen LogP contribution in [0.4, 0.5) is 0 Å². The molecule has 0 spiro atoms. The second-order valence-corrected chi connectivity index (χ2v) is 6.55. The summed E-state index contributed by atoms with van der Waals surface area (Å²) in [5.74, 6) is 0.927. The maximum absolute atomic E-state index is 4.34. The molecule has 0 unspecified atom stereocenters. The van der Waals surface area contributed by atoms with Crippen molar-refractivity contribution in [2.45, 2.75) is 58.9 Å². The minimum Gasteiger partial charge on any atom is -0.356 e. The van der Waals surface area contributed by atoms with Gasteiger partial charge in [-0.3, -0.25) is 9.67 Å². The second-order valence-electron chi connectivity index (χ2n) is 6.55. The van der Waals surface area contributed by atoms with E-state index in [1.165, 1.54) is 37.7 Å². The smallest absolute Gasteiger partial charge is 0.190 e. The molecule has 0 aliphatic heterocycles. The Labute approximate surface area is 134 Å². The van der Waals surface area contributed by atoms with Crippen LogP contribution in [0, 0.1) is 12.3 Å². The van der Waals surface area contributed by atoms with Crippen LogP contribution in [-0.2, 0) is 6.54 Å². The van der Waals surface area contributed by atoms with Crippen LogP contribution in [0.2, 0.25) is 0 Å². The van der Waals surface area contributed by atoms with Crippen LogP contribution in [0.5, 0.6) is 0 Å². The molecular weight excluding hydrogens is 274 g/mol. The molecule has 22 heavy (non-hydrogen) atoms. The number of nitrogens with zero attached hydrogens (tertiary/aromatic N) is 3. The van der Waals surface area contributed by atoms with Gasteiger partial charge in [-0.25, -0.2) is 0 Å². The Balaban J connectivity index is 1.66. The summed E-state index contributed by atoms with van der Waals surface area (Å²) < 4.78 is 2.00. The standard InChI is InChI=1S/C17H31N5/c1-4-17(8-5-6-9-17)14-20-16(18-3)19-10-7-11-22-13-15(2)12-21-22/h12-13H,4-11,14H2,1-3H3,(H2,18,19,20). The average molecular weight is 305 g/mol. The Kier molecular flexibility index (Phi) is 6.28. The monoisotopic (exact) mass is 305 g/mol. The third kappa shape index (κ3) is 4.75. The summed E-state index contributed by atoms with van der Waals surface area (Å²) in [6, 6.07) is 0. The molecule has 1 fully saturated rings. The van der Waals surface area contributed by atoms with Gasteiger partial charge in [0.1, 0.15) is 0 Å². The van der Waals surface area contributed by atoms with E-state index in [-0.39, 0.29) is 0 Å². The van der Waals surface area contributed by atoms with E-state index in [2.05, 4.69) is 40.8 Å². The van der Waals surface area contributed by atoms with Crippen molar-refractivity contribution < 1.29 is 0 Å². The van der Waals surface area contributed by atoms with Crippen LogP contribution < -0.4 is 10.6 Å². The van der Waals surface area contributed by atoms with Gasteiger partial charge in [-0.2, -0.15) is 5.10 Å². The lowest BCUT2D eigenvalue weighted by Gasteiger charge is -2.28. The van der Waals surface area contributed by atoms with Crippen LogP contribution in [0.1, 0.15) is 51.0 Å². The summed E-state index contributed by atoms with van der Waals surface area (Å²) >= 11 is 0. The highest BCUT2D eigenvalue weighted by Crippen LogP contribution is 2.40. The molecule has 2 rings (SSSR count). The van der Waals surface area contributed by atoms with Crippen LogP contribution in [0.3, 0.4) is 0 Å². The lowest BCUT2D eigenvalue weighted by atomic mass is 9.83. The molecule has 0 radical (unpaired) electrons. The molecule has 0 amide bonds. The molecular formula is C17H31N5. The van der Waals surface area contributed by atoms with Crippen molar-refractivity contribution in [3.8, 4) is 0 Å². The Bertz CT molecular complexity index is 471. The topological polar surface area (TPSA) is 54.2 Å². The number of hydrogen-bond donors (Lipinski definition) is 2. The SMILES string of the molecule is CCC1(CNC(=NC)NCCCn2cc(C)cn2)CCCC1. The van der Waals surface area contributed by atoms with E-state index in [1.807, 2.05) is 17.9 Å². The van der Waals surface area contributed by atoms with Crippen molar-refractivity contribution in [1.82, 2.24) is 20.4 Å². The van der Waals surface area contributed by atoms with Crippen molar-refractivity contribution >= 4 is 5.96 Å². The third-order valence-electron chi connectivity index (χ3n) is 4.89. The summed E-state index contributed by atoms with van der Waals surface area (Å²) in [4.78, 5) is 4.34. The number of aromatic nitrogens is 2. The molecule has 5 nitrogen and oxygen atoms in total. The minimum atomic E-state index is 0.490. The van der Waals surface area contributed by atoms with Gasteiger partial charge in [0.15, 0.2) is 5.96 Å². The van der Waals surface area contributed by atoms with E-state index in [9.17, 15) is 0 Å². The van der Waals surface area contributed by atoms with Gasteiger partial charge in [-0.15, -0.1) is 0 Å². The fraction of sp³-hybridized carbons (Fsp3) is 0.765. The summed E-state index contributed by atoms with van der Waals surface area (Å²) in [6.07, 6.45) is 11.8. The fourth-order valence-corrected chi connectivity index (χ4v) is 3.31. The lowest BCUT2D eigenvalue weighted by molar-refractivity contribution is 0.283. The Morgan fingerprint density at radius 3 is 2.73 bits per heavy atom. The number of aliphatic imine (C=N–C) groups is 1. The van der Waals surface area contributed by atoms with Crippen molar-refractivity contribution in [2.24, 2.45) is 10.4 Å². The summed E-state index contributed by atoms with van der Waals surface area (Å²) in [5.41, 5.74) is 1.70. The average Bonchev–Trinajstić information content (AvgIpc) is 3.16. The number of nitrogens with one attached hydrogen (secondary N) is 2. The summed E-state index contributed by atoms with van der Waals surface area (Å²) in [7, 11) is 1.85. The van der Waals surface area contributed by atoms with Gasteiger partial charge in [0.05, 0.1) is 6.20 Å². The van der Waals surface area contributed by atoms with Crippen molar-refractivity contribution in [1.29, 1.82) is 0 Å². The van der Waals surface area contributed by atoms with Crippen LogP contribution in [0.25, 0.3) is 0 Å². The van der Waals surface area contributed by atoms with Crippen LogP contribution >= 0.6 is 0 Å². The van der Waals surface area contributed by atoms with E-state index < -0.39 is 0 Å². The number of aryl methyl sites for hydroxylation is 2. The van der Waals surface area contributed by atoms with Gasteiger partial charge < -0.3 is 10.6 Å². The normalized spacial score (nSPS) is 17.7. The van der Waals surface area contributed by atoms with Crippen molar-refractivity contribution in [3.63, 3.8) is 0 Å². The first-order chi connectivity index (χ1) is 10.7. The van der Waals surface area contributed by atoms with Gasteiger partial charge in [-0.05, 0) is 43.6 Å². The van der Waals surface area contributed by atoms with E-state index in [4.69, 9.17) is 0 Å². The van der Waals surface area contributed by atoms with E-state index >= 15 is 0 Å². The van der Waals surface area contributed by atoms with Crippen molar-refractivity contribution in [3.05, 3.63) is 18.0 Å². The first-order valence-corrected chi connectivity index (χ1v) is 8.61. The first kappa shape index (κ1) is 16.8. The van der Waals surface area contributed by atoms with Gasteiger partial charge in [0.2, 0.25) is 0 Å². The van der Waals surface area contributed by atoms with E-state index in [0.717, 1.165) is 32.0 Å². The molecule has 5 heteroatoms. The number of rotatable bonds is 7. The Morgan fingerprint density at radius 2 is 2.14 bits per heavy atom. The van der Waals surface area contributed by atoms with E-state index in [1.54, 1.807) is 0 Å². The second kappa shape index (κ2) is 8.20. The highest BCUT2D eigenvalue weighted by Gasteiger charge is 2.31. The fourth-order valence-electron chi connectivity index (χ4n) is 3.31. The molecule has 1 heterocycles. The minimum absolute atomic E-state index is 0.490. The molecule has 0 bridgehead atoms. The molecule has 1 aromatic heterocycles. The zero-order valence-corrected chi connectivity index (χ0v) is 14.4. The number of hydrogen-bond acceptors (Lipinski definition) is 2. The summed E-state index contributed by atoms with van der Waals surface area (Å²) in [6.45, 7) is 7.28. The van der Waals surface area contributed by atoms with Crippen LogP contribution in [0.15, 0.2) is 17.4 Å². The molecule has 0 saturated heterocycles. The highest BCUT2D eigenvalue weighted by atomic mass is 15.3. The molecule has 0 atom stereocenters. The maximum Gasteiger partial charge on any atom is 0.190 e. The molecule has 1 saturated carbocycles. The Hall–Kier alpha value is -1.52. The predicted molar refractivity (Wildman–Crippen MR) is 92.1 cm³/mol. The molecule has 2 N–H and O–H groups in total. The zero-order valence-electron chi connectivity index (χ0n) is 14.4. The molecule has 1 aromatic rings. The molecule has 1 aliphatic rings. The summed E-state index contributed by atoms with van der Waals surface area (Å²) in [5, 5.41) is 11.2.